The molecular formula is C23H22ClNO2. The Morgan fingerprint density at radius 3 is 2.19 bits per heavy atom. The lowest BCUT2D eigenvalue weighted by Gasteiger charge is -2.21. The normalized spacial score (nSPS) is 13.0. The highest BCUT2D eigenvalue weighted by Crippen LogP contribution is 2.35. The van der Waals surface area contributed by atoms with Gasteiger partial charge < -0.3 is 10.4 Å². The first-order valence-electron chi connectivity index (χ1n) is 8.92. The number of halogens is 1. The third-order valence-electron chi connectivity index (χ3n) is 4.63. The summed E-state index contributed by atoms with van der Waals surface area (Å²) in [5.74, 6) is -0.232. The first-order valence-corrected chi connectivity index (χ1v) is 9.30. The average molecular weight is 380 g/mol. The zero-order chi connectivity index (χ0) is 19.2. The summed E-state index contributed by atoms with van der Waals surface area (Å²) < 4.78 is 0. The van der Waals surface area contributed by atoms with Crippen LogP contribution in [-0.4, -0.2) is 11.0 Å². The van der Waals surface area contributed by atoms with Crippen LogP contribution in [0.25, 0.3) is 0 Å². The molecule has 0 aliphatic carbocycles. The molecule has 3 rings (SSSR count). The van der Waals surface area contributed by atoms with Crippen LogP contribution in [0.1, 0.15) is 42.0 Å². The molecule has 0 aromatic heterocycles. The van der Waals surface area contributed by atoms with E-state index in [1.54, 1.807) is 18.2 Å². The van der Waals surface area contributed by atoms with Crippen LogP contribution in [0.3, 0.4) is 0 Å². The molecular weight excluding hydrogens is 358 g/mol. The smallest absolute Gasteiger partial charge is 0.221 e. The van der Waals surface area contributed by atoms with E-state index in [9.17, 15) is 9.90 Å². The number of rotatable bonds is 6. The van der Waals surface area contributed by atoms with Gasteiger partial charge in [-0.05, 0) is 36.2 Å². The van der Waals surface area contributed by atoms with E-state index >= 15 is 0 Å². The highest BCUT2D eigenvalue weighted by Gasteiger charge is 2.22. The minimum Gasteiger partial charge on any atom is -0.508 e. The van der Waals surface area contributed by atoms with Crippen molar-refractivity contribution in [2.45, 2.75) is 25.3 Å². The molecule has 0 aliphatic heterocycles. The molecule has 3 aromatic rings. The zero-order valence-electron chi connectivity index (χ0n) is 15.1. The summed E-state index contributed by atoms with van der Waals surface area (Å²) in [5, 5.41) is 13.9. The Morgan fingerprint density at radius 1 is 0.963 bits per heavy atom. The maximum atomic E-state index is 12.8. The van der Waals surface area contributed by atoms with Crippen LogP contribution in [-0.2, 0) is 4.79 Å². The summed E-state index contributed by atoms with van der Waals surface area (Å²) in [7, 11) is 0. The van der Waals surface area contributed by atoms with Gasteiger partial charge in [-0.2, -0.15) is 0 Å². The summed E-state index contributed by atoms with van der Waals surface area (Å²) in [6, 6.07) is 24.4. The highest BCUT2D eigenvalue weighted by molar-refractivity contribution is 6.30. The molecule has 27 heavy (non-hydrogen) atoms. The van der Waals surface area contributed by atoms with Gasteiger partial charge in [-0.25, -0.2) is 0 Å². The quantitative estimate of drug-likeness (QED) is 0.598. The van der Waals surface area contributed by atoms with Crippen LogP contribution in [0.2, 0.25) is 5.02 Å². The summed E-state index contributed by atoms with van der Waals surface area (Å²) in [5.41, 5.74) is 2.65. The second-order valence-electron chi connectivity index (χ2n) is 6.57. The predicted octanol–water partition coefficient (Wildman–Crippen LogP) is 5.45. The van der Waals surface area contributed by atoms with Gasteiger partial charge in [0.2, 0.25) is 5.91 Å². The predicted molar refractivity (Wildman–Crippen MR) is 109 cm³/mol. The van der Waals surface area contributed by atoms with Gasteiger partial charge >= 0.3 is 0 Å². The molecule has 0 bridgehead atoms. The molecule has 0 spiro atoms. The third kappa shape index (κ3) is 4.89. The standard InChI is InChI=1S/C23H22ClNO2/c1-16(17-8-4-2-5-9-17)25-23(27)15-20(18-10-6-3-7-11-18)21-14-19(24)12-13-22(21)26/h2-14,16,20,26H,15H2,1H3,(H,25,27)/t16-,20+/m0/s1. The number of aromatic hydroxyl groups is 1. The van der Waals surface area contributed by atoms with Crippen LogP contribution >= 0.6 is 11.6 Å². The average Bonchev–Trinajstić information content (AvgIpc) is 2.69. The van der Waals surface area contributed by atoms with Crippen molar-refractivity contribution >= 4 is 17.5 Å². The number of phenolic OH excluding ortho intramolecular Hbond substituents is 1. The van der Waals surface area contributed by atoms with Crippen molar-refractivity contribution in [1.82, 2.24) is 5.32 Å². The zero-order valence-corrected chi connectivity index (χ0v) is 15.9. The van der Waals surface area contributed by atoms with E-state index in [2.05, 4.69) is 5.32 Å². The molecule has 3 aromatic carbocycles. The molecule has 0 aliphatic rings. The molecule has 0 heterocycles. The molecule has 138 valence electrons. The molecule has 0 saturated carbocycles. The van der Waals surface area contributed by atoms with E-state index < -0.39 is 0 Å². The topological polar surface area (TPSA) is 49.3 Å². The van der Waals surface area contributed by atoms with Crippen molar-refractivity contribution in [2.75, 3.05) is 0 Å². The Kier molecular flexibility index (Phi) is 6.15. The summed E-state index contributed by atoms with van der Waals surface area (Å²) in [6.07, 6.45) is 0.217. The molecule has 4 heteroatoms. The minimum atomic E-state index is -0.284. The fourth-order valence-corrected chi connectivity index (χ4v) is 3.39. The van der Waals surface area contributed by atoms with Crippen LogP contribution < -0.4 is 5.32 Å². The van der Waals surface area contributed by atoms with Gasteiger partial charge in [-0.15, -0.1) is 0 Å². The van der Waals surface area contributed by atoms with Crippen molar-refractivity contribution in [3.63, 3.8) is 0 Å². The SMILES string of the molecule is C[C@H](NC(=O)C[C@H](c1ccccc1)c1cc(Cl)ccc1O)c1ccccc1. The lowest BCUT2D eigenvalue weighted by atomic mass is 9.87. The number of carbonyl (C=O) groups excluding carboxylic acids is 1. The van der Waals surface area contributed by atoms with Gasteiger partial charge in [0.15, 0.2) is 0 Å². The molecule has 0 fully saturated rings. The Hall–Kier alpha value is -2.78. The van der Waals surface area contributed by atoms with Gasteiger partial charge in [-0.1, -0.05) is 72.3 Å². The first-order chi connectivity index (χ1) is 13.0. The third-order valence-corrected chi connectivity index (χ3v) is 4.87. The Morgan fingerprint density at radius 2 is 1.56 bits per heavy atom. The van der Waals surface area contributed by atoms with Gasteiger partial charge in [0.1, 0.15) is 5.75 Å². The van der Waals surface area contributed by atoms with Gasteiger partial charge in [0.25, 0.3) is 0 Å². The molecule has 0 saturated heterocycles. The van der Waals surface area contributed by atoms with E-state index in [0.29, 0.717) is 10.6 Å². The number of amides is 1. The molecule has 0 unspecified atom stereocenters. The highest BCUT2D eigenvalue weighted by atomic mass is 35.5. The van der Waals surface area contributed by atoms with Gasteiger partial charge in [0.05, 0.1) is 6.04 Å². The number of phenols is 1. The van der Waals surface area contributed by atoms with Crippen molar-refractivity contribution in [3.05, 3.63) is 101 Å². The maximum absolute atomic E-state index is 12.8. The van der Waals surface area contributed by atoms with E-state index in [0.717, 1.165) is 11.1 Å². The molecule has 2 N–H and O–H groups in total. The van der Waals surface area contributed by atoms with E-state index in [4.69, 9.17) is 11.6 Å². The fraction of sp³-hybridized carbons (Fsp3) is 0.174. The molecule has 3 nitrogen and oxygen atoms in total. The Bertz CT molecular complexity index is 897. The number of carbonyl (C=O) groups is 1. The van der Waals surface area contributed by atoms with Gasteiger partial charge in [0, 0.05) is 22.9 Å². The fourth-order valence-electron chi connectivity index (χ4n) is 3.21. The van der Waals surface area contributed by atoms with E-state index in [-0.39, 0.29) is 30.0 Å². The summed E-state index contributed by atoms with van der Waals surface area (Å²) >= 11 is 6.14. The second-order valence-corrected chi connectivity index (χ2v) is 7.01. The van der Waals surface area contributed by atoms with Crippen molar-refractivity contribution in [3.8, 4) is 5.75 Å². The number of nitrogens with one attached hydrogen (secondary N) is 1. The van der Waals surface area contributed by atoms with Crippen LogP contribution in [0, 0.1) is 0 Å². The van der Waals surface area contributed by atoms with E-state index in [1.165, 1.54) is 0 Å². The first kappa shape index (κ1) is 19.0. The van der Waals surface area contributed by atoms with Crippen molar-refractivity contribution < 1.29 is 9.90 Å². The number of hydrogen-bond acceptors (Lipinski definition) is 2. The lowest BCUT2D eigenvalue weighted by Crippen LogP contribution is -2.28. The summed E-state index contributed by atoms with van der Waals surface area (Å²) in [6.45, 7) is 1.96. The van der Waals surface area contributed by atoms with Crippen molar-refractivity contribution in [1.29, 1.82) is 0 Å². The van der Waals surface area contributed by atoms with Crippen LogP contribution in [0.4, 0.5) is 0 Å². The second kappa shape index (κ2) is 8.74. The molecule has 2 atom stereocenters. The van der Waals surface area contributed by atoms with E-state index in [1.807, 2.05) is 67.6 Å². The monoisotopic (exact) mass is 379 g/mol. The lowest BCUT2D eigenvalue weighted by molar-refractivity contribution is -0.121. The maximum Gasteiger partial charge on any atom is 0.221 e. The molecule has 0 radical (unpaired) electrons. The molecule has 1 amide bonds. The van der Waals surface area contributed by atoms with Crippen LogP contribution in [0.5, 0.6) is 5.75 Å². The number of benzene rings is 3. The van der Waals surface area contributed by atoms with Gasteiger partial charge in [-0.3, -0.25) is 4.79 Å². The summed E-state index contributed by atoms with van der Waals surface area (Å²) in [4.78, 5) is 12.8. The van der Waals surface area contributed by atoms with Crippen molar-refractivity contribution in [2.24, 2.45) is 0 Å². The minimum absolute atomic E-state index is 0.0837. The van der Waals surface area contributed by atoms with Crippen LogP contribution in [0.15, 0.2) is 78.9 Å². The Labute approximate surface area is 164 Å². The Balaban J connectivity index is 1.83. The largest absolute Gasteiger partial charge is 0.508 e. The number of hydrogen-bond donors (Lipinski definition) is 2.